The summed E-state index contributed by atoms with van der Waals surface area (Å²) in [4.78, 5) is 28.1. The van der Waals surface area contributed by atoms with Gasteiger partial charge in [0.2, 0.25) is 0 Å². The van der Waals surface area contributed by atoms with E-state index in [0.717, 1.165) is 0 Å². The fourth-order valence-electron chi connectivity index (χ4n) is 6.57. The quantitative estimate of drug-likeness (QED) is 0.510. The van der Waals surface area contributed by atoms with Crippen LogP contribution < -0.4 is 0 Å². The second-order valence-electron chi connectivity index (χ2n) is 12.7. The Balaban J connectivity index is 2.41. The summed E-state index contributed by atoms with van der Waals surface area (Å²) >= 11 is 0. The zero-order chi connectivity index (χ0) is 29.6. The molecule has 0 aromatic rings. The number of nitrogens with zero attached hydrogens (tertiary/aromatic N) is 1. The average Bonchev–Trinajstić information content (AvgIpc) is 2.83. The number of methoxy groups -OCH3 is 1. The molecule has 0 aromatic carbocycles. The van der Waals surface area contributed by atoms with Gasteiger partial charge in [-0.1, -0.05) is 47.6 Å². The van der Waals surface area contributed by atoms with Crippen molar-refractivity contribution in [2.45, 2.75) is 118 Å². The van der Waals surface area contributed by atoms with E-state index >= 15 is 0 Å². The second-order valence-corrected chi connectivity index (χ2v) is 12.7. The third-order valence-corrected chi connectivity index (χ3v) is 8.98. The number of aliphatic hydroxyl groups excluding tert-OH is 1. The van der Waals surface area contributed by atoms with E-state index in [1.807, 2.05) is 27.7 Å². The zero-order valence-corrected chi connectivity index (χ0v) is 26.1. The molecule has 0 aliphatic carbocycles. The molecule has 2 aliphatic rings. The van der Waals surface area contributed by atoms with Gasteiger partial charge in [0.25, 0.3) is 0 Å². The van der Waals surface area contributed by atoms with Gasteiger partial charge in [-0.2, -0.15) is 0 Å². The Morgan fingerprint density at radius 2 is 1.54 bits per heavy atom. The number of carbonyl (C=O) groups excluding carboxylic acids is 2. The molecule has 0 spiro atoms. The van der Waals surface area contributed by atoms with Crippen LogP contribution in [-0.4, -0.2) is 85.8 Å². The van der Waals surface area contributed by atoms with Crippen molar-refractivity contribution in [3.8, 4) is 0 Å². The summed E-state index contributed by atoms with van der Waals surface area (Å²) in [6, 6.07) is 0.273. The Morgan fingerprint density at radius 3 is 2.13 bits per heavy atom. The van der Waals surface area contributed by atoms with Crippen LogP contribution in [0.3, 0.4) is 0 Å². The van der Waals surface area contributed by atoms with E-state index in [-0.39, 0.29) is 66.0 Å². The first-order chi connectivity index (χ1) is 18.2. The SMILES string of the molecule is CO[C@@H]1[C@@H](OC2OC(C)C(C)C(N(C)C)C2C)[C@@H](C)C[C@@H](C)C(=O)/C=C/[C@H](O)[C@@H](C)C[C@@H](C)OC(=O)C[C@H]1C. The fourth-order valence-corrected chi connectivity index (χ4v) is 6.57. The van der Waals surface area contributed by atoms with E-state index in [0.29, 0.717) is 18.8 Å². The van der Waals surface area contributed by atoms with Crippen LogP contribution in [0.2, 0.25) is 0 Å². The van der Waals surface area contributed by atoms with Crippen molar-refractivity contribution in [2.24, 2.45) is 35.5 Å². The maximum Gasteiger partial charge on any atom is 0.306 e. The summed E-state index contributed by atoms with van der Waals surface area (Å²) in [7, 11) is 5.83. The molecule has 0 aromatic heterocycles. The minimum absolute atomic E-state index is 0.00874. The summed E-state index contributed by atoms with van der Waals surface area (Å²) in [5.74, 6) is -0.583. The van der Waals surface area contributed by atoms with Gasteiger partial charge in [-0.25, -0.2) is 0 Å². The largest absolute Gasteiger partial charge is 0.463 e. The summed E-state index contributed by atoms with van der Waals surface area (Å²) in [5, 5.41) is 10.6. The highest BCUT2D eigenvalue weighted by Crippen LogP contribution is 2.37. The van der Waals surface area contributed by atoms with Gasteiger partial charge in [0.15, 0.2) is 12.1 Å². The van der Waals surface area contributed by atoms with Crippen LogP contribution in [0.5, 0.6) is 0 Å². The monoisotopic (exact) mass is 553 g/mol. The topological polar surface area (TPSA) is 94.5 Å². The normalized spacial score (nSPS) is 44.7. The van der Waals surface area contributed by atoms with E-state index in [2.05, 4.69) is 46.7 Å². The Bertz CT molecular complexity index is 817. The molecule has 0 bridgehead atoms. The van der Waals surface area contributed by atoms with Crippen molar-refractivity contribution in [2.75, 3.05) is 21.2 Å². The number of cyclic esters (lactones) is 1. The molecule has 39 heavy (non-hydrogen) atoms. The lowest BCUT2D eigenvalue weighted by Gasteiger charge is -2.48. The van der Waals surface area contributed by atoms with Crippen molar-refractivity contribution in [3.63, 3.8) is 0 Å². The van der Waals surface area contributed by atoms with Crippen molar-refractivity contribution in [3.05, 3.63) is 12.2 Å². The number of ether oxygens (including phenoxy) is 4. The minimum Gasteiger partial charge on any atom is -0.463 e. The lowest BCUT2D eigenvalue weighted by molar-refractivity contribution is -0.282. The maximum absolute atomic E-state index is 13.0. The van der Waals surface area contributed by atoms with Gasteiger partial charge in [0.05, 0.1) is 36.9 Å². The number of ketones is 1. The molecule has 1 saturated heterocycles. The lowest BCUT2D eigenvalue weighted by atomic mass is 9.82. The third-order valence-electron chi connectivity index (χ3n) is 8.98. The van der Waals surface area contributed by atoms with E-state index in [1.165, 1.54) is 6.08 Å². The van der Waals surface area contributed by atoms with Crippen LogP contribution in [0.25, 0.3) is 0 Å². The average molecular weight is 554 g/mol. The Kier molecular flexibility index (Phi) is 13.1. The molecule has 5 unspecified atom stereocenters. The molecule has 13 atom stereocenters. The smallest absolute Gasteiger partial charge is 0.306 e. The van der Waals surface area contributed by atoms with Crippen LogP contribution in [0, 0.1) is 35.5 Å². The van der Waals surface area contributed by atoms with E-state index < -0.39 is 24.6 Å². The molecule has 8 nitrogen and oxygen atoms in total. The molecule has 2 aliphatic heterocycles. The van der Waals surface area contributed by atoms with E-state index in [4.69, 9.17) is 18.9 Å². The highest BCUT2D eigenvalue weighted by atomic mass is 16.7. The first kappa shape index (κ1) is 33.9. The molecule has 1 fully saturated rings. The van der Waals surface area contributed by atoms with Gasteiger partial charge in [0.1, 0.15) is 0 Å². The highest BCUT2D eigenvalue weighted by molar-refractivity contribution is 5.91. The molecule has 8 heteroatoms. The molecule has 1 N–H and O–H groups in total. The molecule has 0 saturated carbocycles. The number of allylic oxidation sites excluding steroid dienone is 1. The first-order valence-corrected chi connectivity index (χ1v) is 14.8. The van der Waals surface area contributed by atoms with Crippen LogP contribution in [-0.2, 0) is 28.5 Å². The molecule has 2 rings (SSSR count). The standard InChI is InChI=1S/C31H55NO7/c1-17-14-19(3)30(39-31-23(7)28(32(9)10)22(6)24(8)38-31)29(36-11)20(4)16-27(35)37-21(5)15-18(2)26(34)13-12-25(17)33/h12-13,17-24,26,28-31,34H,14-16H2,1-11H3/b13-12+/t17-,18+,19+,20-,21-,22?,23?,24?,26+,28?,29+,30+,31?/m1/s1. The van der Waals surface area contributed by atoms with Crippen molar-refractivity contribution in [1.29, 1.82) is 0 Å². The van der Waals surface area contributed by atoms with Gasteiger partial charge in [0, 0.05) is 25.0 Å². The van der Waals surface area contributed by atoms with Crippen molar-refractivity contribution in [1.82, 2.24) is 4.90 Å². The summed E-state index contributed by atoms with van der Waals surface area (Å²) in [6.07, 6.45) is 1.87. The molecule has 0 amide bonds. The molecule has 0 radical (unpaired) electrons. The Hall–Kier alpha value is -1.32. The number of rotatable bonds is 4. The number of carbonyl (C=O) groups is 2. The zero-order valence-electron chi connectivity index (χ0n) is 26.1. The van der Waals surface area contributed by atoms with Gasteiger partial charge >= 0.3 is 5.97 Å². The van der Waals surface area contributed by atoms with E-state index in [9.17, 15) is 14.7 Å². The van der Waals surface area contributed by atoms with Crippen LogP contribution in [0.1, 0.15) is 74.7 Å². The second kappa shape index (κ2) is 15.1. The predicted octanol–water partition coefficient (Wildman–Crippen LogP) is 4.48. The number of aliphatic hydroxyl groups is 1. The summed E-state index contributed by atoms with van der Waals surface area (Å²) in [6.45, 7) is 16.1. The molecule has 226 valence electrons. The fraction of sp³-hybridized carbons (Fsp3) is 0.871. The Labute approximate surface area is 236 Å². The van der Waals surface area contributed by atoms with E-state index in [1.54, 1.807) is 13.2 Å². The number of hydrogen-bond acceptors (Lipinski definition) is 8. The molecule has 2 heterocycles. The van der Waals surface area contributed by atoms with Crippen LogP contribution in [0.15, 0.2) is 12.2 Å². The first-order valence-electron chi connectivity index (χ1n) is 14.8. The predicted molar refractivity (Wildman–Crippen MR) is 152 cm³/mol. The molecular weight excluding hydrogens is 498 g/mol. The maximum atomic E-state index is 13.0. The third kappa shape index (κ3) is 9.09. The number of esters is 1. The van der Waals surface area contributed by atoms with Gasteiger partial charge in [-0.15, -0.1) is 0 Å². The van der Waals surface area contributed by atoms with Gasteiger partial charge < -0.3 is 29.0 Å². The van der Waals surface area contributed by atoms with Gasteiger partial charge in [-0.05, 0) is 70.5 Å². The van der Waals surface area contributed by atoms with Gasteiger partial charge in [-0.3, -0.25) is 9.59 Å². The molecular formula is C31H55NO7. The lowest BCUT2D eigenvalue weighted by Crippen LogP contribution is -2.56. The van der Waals surface area contributed by atoms with Crippen LogP contribution in [0.4, 0.5) is 0 Å². The summed E-state index contributed by atoms with van der Waals surface area (Å²) in [5.41, 5.74) is 0. The van der Waals surface area contributed by atoms with Crippen molar-refractivity contribution < 1.29 is 33.6 Å². The Morgan fingerprint density at radius 1 is 0.897 bits per heavy atom. The number of hydrogen-bond donors (Lipinski definition) is 1. The summed E-state index contributed by atoms with van der Waals surface area (Å²) < 4.78 is 25.0. The minimum atomic E-state index is -0.792. The van der Waals surface area contributed by atoms with Crippen LogP contribution >= 0.6 is 0 Å². The van der Waals surface area contributed by atoms with Crippen molar-refractivity contribution >= 4 is 11.8 Å². The highest BCUT2D eigenvalue weighted by Gasteiger charge is 2.44.